The van der Waals surface area contributed by atoms with Gasteiger partial charge in [-0.05, 0) is 31.7 Å². The first-order valence-electron chi connectivity index (χ1n) is 7.26. The van der Waals surface area contributed by atoms with Crippen molar-refractivity contribution < 1.29 is 4.79 Å². The molecule has 0 aliphatic carbocycles. The van der Waals surface area contributed by atoms with Gasteiger partial charge in [-0.15, -0.1) is 0 Å². The third-order valence-electron chi connectivity index (χ3n) is 3.87. The molecule has 1 aromatic rings. The van der Waals surface area contributed by atoms with Crippen molar-refractivity contribution in [2.75, 3.05) is 24.5 Å². The summed E-state index contributed by atoms with van der Waals surface area (Å²) in [6, 6.07) is 4.08. The monoisotopic (exact) mass is 276 g/mol. The van der Waals surface area contributed by atoms with Gasteiger partial charge in [0, 0.05) is 44.4 Å². The molecule has 0 bridgehead atoms. The fourth-order valence-corrected chi connectivity index (χ4v) is 2.64. The molecule has 2 rings (SSSR count). The van der Waals surface area contributed by atoms with Crippen LogP contribution in [0.25, 0.3) is 0 Å². The Morgan fingerprint density at radius 1 is 1.45 bits per heavy atom. The smallest absolute Gasteiger partial charge is 0.216 e. The van der Waals surface area contributed by atoms with E-state index < -0.39 is 0 Å². The number of nitrogens with two attached hydrogens (primary N) is 1. The van der Waals surface area contributed by atoms with Crippen molar-refractivity contribution in [2.24, 2.45) is 11.7 Å². The Morgan fingerprint density at radius 3 is 2.75 bits per heavy atom. The van der Waals surface area contributed by atoms with Crippen LogP contribution in [0.4, 0.5) is 5.82 Å². The Kier molecular flexibility index (Phi) is 4.95. The SMILES string of the molecule is CC(=O)NCC1CCN(c2nc(C)ccc2CN)CC1. The summed E-state index contributed by atoms with van der Waals surface area (Å²) in [6.07, 6.45) is 2.17. The molecule has 0 atom stereocenters. The van der Waals surface area contributed by atoms with E-state index in [0.29, 0.717) is 12.5 Å². The maximum absolute atomic E-state index is 10.9. The molecule has 3 N–H and O–H groups in total. The normalized spacial score (nSPS) is 16.2. The van der Waals surface area contributed by atoms with Crippen LogP contribution < -0.4 is 16.0 Å². The van der Waals surface area contributed by atoms with Crippen LogP contribution in [-0.4, -0.2) is 30.5 Å². The molecule has 1 fully saturated rings. The first-order valence-corrected chi connectivity index (χ1v) is 7.26. The van der Waals surface area contributed by atoms with E-state index in [1.165, 1.54) is 0 Å². The zero-order chi connectivity index (χ0) is 14.5. The number of anilines is 1. The average molecular weight is 276 g/mol. The highest BCUT2D eigenvalue weighted by atomic mass is 16.1. The van der Waals surface area contributed by atoms with Crippen molar-refractivity contribution >= 4 is 11.7 Å². The average Bonchev–Trinajstić information content (AvgIpc) is 2.45. The summed E-state index contributed by atoms with van der Waals surface area (Å²) in [7, 11) is 0. The molecule has 0 radical (unpaired) electrons. The van der Waals surface area contributed by atoms with Gasteiger partial charge in [-0.2, -0.15) is 0 Å². The molecule has 0 saturated carbocycles. The van der Waals surface area contributed by atoms with Crippen LogP contribution in [-0.2, 0) is 11.3 Å². The molecule has 5 nitrogen and oxygen atoms in total. The Morgan fingerprint density at radius 2 is 2.15 bits per heavy atom. The summed E-state index contributed by atoms with van der Waals surface area (Å²) in [6.45, 7) is 6.84. The van der Waals surface area contributed by atoms with Gasteiger partial charge in [0.2, 0.25) is 5.91 Å². The van der Waals surface area contributed by atoms with Gasteiger partial charge in [0.1, 0.15) is 5.82 Å². The Labute approximate surface area is 120 Å². The van der Waals surface area contributed by atoms with Crippen LogP contribution in [0.2, 0.25) is 0 Å². The predicted molar refractivity (Wildman–Crippen MR) is 80.5 cm³/mol. The van der Waals surface area contributed by atoms with Crippen LogP contribution in [0.3, 0.4) is 0 Å². The van der Waals surface area contributed by atoms with Crippen LogP contribution >= 0.6 is 0 Å². The largest absolute Gasteiger partial charge is 0.356 e. The van der Waals surface area contributed by atoms with Gasteiger partial charge in [0.25, 0.3) is 0 Å². The summed E-state index contributed by atoms with van der Waals surface area (Å²) in [5, 5.41) is 2.91. The fourth-order valence-electron chi connectivity index (χ4n) is 2.64. The second-order valence-electron chi connectivity index (χ2n) is 5.51. The standard InChI is InChI=1S/C15H24N4O/c1-11-3-4-14(9-16)15(18-11)19-7-5-13(6-8-19)10-17-12(2)20/h3-4,13H,5-10,16H2,1-2H3,(H,17,20). The zero-order valence-corrected chi connectivity index (χ0v) is 12.4. The topological polar surface area (TPSA) is 71.2 Å². The summed E-state index contributed by atoms with van der Waals surface area (Å²) in [5.74, 6) is 1.66. The molecule has 1 amide bonds. The van der Waals surface area contributed by atoms with Gasteiger partial charge in [-0.3, -0.25) is 4.79 Å². The number of rotatable bonds is 4. The highest BCUT2D eigenvalue weighted by molar-refractivity contribution is 5.72. The van der Waals surface area contributed by atoms with Gasteiger partial charge in [-0.1, -0.05) is 6.07 Å². The Balaban J connectivity index is 1.96. The molecular weight excluding hydrogens is 252 g/mol. The molecule has 0 spiro atoms. The van der Waals surface area contributed by atoms with E-state index in [0.717, 1.165) is 49.6 Å². The third-order valence-corrected chi connectivity index (χ3v) is 3.87. The summed E-state index contributed by atoms with van der Waals surface area (Å²) in [5.41, 5.74) is 7.93. The van der Waals surface area contributed by atoms with Crippen molar-refractivity contribution in [1.82, 2.24) is 10.3 Å². The van der Waals surface area contributed by atoms with E-state index in [1.54, 1.807) is 6.92 Å². The highest BCUT2D eigenvalue weighted by Crippen LogP contribution is 2.24. The van der Waals surface area contributed by atoms with Crippen molar-refractivity contribution in [3.63, 3.8) is 0 Å². The minimum atomic E-state index is 0.0539. The molecule has 1 aromatic heterocycles. The van der Waals surface area contributed by atoms with Crippen molar-refractivity contribution in [2.45, 2.75) is 33.2 Å². The molecular formula is C15H24N4O. The third kappa shape index (κ3) is 3.70. The lowest BCUT2D eigenvalue weighted by Crippen LogP contribution is -2.39. The van der Waals surface area contributed by atoms with Crippen molar-refractivity contribution in [3.05, 3.63) is 23.4 Å². The van der Waals surface area contributed by atoms with E-state index >= 15 is 0 Å². The molecule has 1 aliphatic rings. The van der Waals surface area contributed by atoms with E-state index in [-0.39, 0.29) is 5.91 Å². The molecule has 0 unspecified atom stereocenters. The summed E-state index contributed by atoms with van der Waals surface area (Å²) >= 11 is 0. The molecule has 1 saturated heterocycles. The molecule has 20 heavy (non-hydrogen) atoms. The van der Waals surface area contributed by atoms with E-state index in [4.69, 9.17) is 5.73 Å². The van der Waals surface area contributed by atoms with Gasteiger partial charge in [0.15, 0.2) is 0 Å². The number of carbonyl (C=O) groups is 1. The lowest BCUT2D eigenvalue weighted by molar-refractivity contribution is -0.119. The quantitative estimate of drug-likeness (QED) is 0.867. The van der Waals surface area contributed by atoms with Crippen LogP contribution in [0, 0.1) is 12.8 Å². The number of nitrogens with one attached hydrogen (secondary N) is 1. The van der Waals surface area contributed by atoms with E-state index in [9.17, 15) is 4.79 Å². The molecule has 2 heterocycles. The van der Waals surface area contributed by atoms with Gasteiger partial charge < -0.3 is 16.0 Å². The second kappa shape index (κ2) is 6.70. The van der Waals surface area contributed by atoms with Gasteiger partial charge >= 0.3 is 0 Å². The number of amides is 1. The van der Waals surface area contributed by atoms with Gasteiger partial charge in [0.05, 0.1) is 0 Å². The number of hydrogen-bond donors (Lipinski definition) is 2. The number of piperidine rings is 1. The summed E-state index contributed by atoms with van der Waals surface area (Å²) < 4.78 is 0. The minimum Gasteiger partial charge on any atom is -0.356 e. The first-order chi connectivity index (χ1) is 9.60. The zero-order valence-electron chi connectivity index (χ0n) is 12.4. The lowest BCUT2D eigenvalue weighted by Gasteiger charge is -2.34. The maximum Gasteiger partial charge on any atom is 0.216 e. The molecule has 1 aliphatic heterocycles. The molecule has 110 valence electrons. The molecule has 0 aromatic carbocycles. The summed E-state index contributed by atoms with van der Waals surface area (Å²) in [4.78, 5) is 17.9. The number of aromatic nitrogens is 1. The molecule has 5 heteroatoms. The van der Waals surface area contributed by atoms with Crippen LogP contribution in [0.1, 0.15) is 31.0 Å². The fraction of sp³-hybridized carbons (Fsp3) is 0.600. The first kappa shape index (κ1) is 14.8. The number of pyridine rings is 1. The highest BCUT2D eigenvalue weighted by Gasteiger charge is 2.21. The Hall–Kier alpha value is -1.62. The second-order valence-corrected chi connectivity index (χ2v) is 5.51. The lowest BCUT2D eigenvalue weighted by atomic mass is 9.96. The number of hydrogen-bond acceptors (Lipinski definition) is 4. The minimum absolute atomic E-state index is 0.0539. The van der Waals surface area contributed by atoms with Crippen molar-refractivity contribution in [3.8, 4) is 0 Å². The number of aryl methyl sites for hydroxylation is 1. The maximum atomic E-state index is 10.9. The van der Waals surface area contributed by atoms with E-state index in [1.807, 2.05) is 13.0 Å². The van der Waals surface area contributed by atoms with Crippen molar-refractivity contribution in [1.29, 1.82) is 0 Å². The Bertz CT molecular complexity index is 467. The van der Waals surface area contributed by atoms with Gasteiger partial charge in [-0.25, -0.2) is 4.98 Å². The van der Waals surface area contributed by atoms with E-state index in [2.05, 4.69) is 21.3 Å². The predicted octanol–water partition coefficient (Wildman–Crippen LogP) is 1.20. The number of carbonyl (C=O) groups excluding carboxylic acids is 1. The number of nitrogens with zero attached hydrogens (tertiary/aromatic N) is 2. The van der Waals surface area contributed by atoms with Crippen LogP contribution in [0.15, 0.2) is 12.1 Å². The van der Waals surface area contributed by atoms with Crippen LogP contribution in [0.5, 0.6) is 0 Å².